The lowest BCUT2D eigenvalue weighted by molar-refractivity contribution is -0.139. The molecule has 0 aromatic heterocycles. The van der Waals surface area contributed by atoms with Gasteiger partial charge in [0.15, 0.2) is 0 Å². The average Bonchev–Trinajstić information content (AvgIpc) is 3.07. The Morgan fingerprint density at radius 1 is 0.354 bits per heavy atom. The molecule has 0 saturated carbocycles. The molecule has 4 N–H and O–H groups in total. The molecule has 0 unspecified atom stereocenters. The third-order valence-electron chi connectivity index (χ3n) is 5.25. The van der Waals surface area contributed by atoms with E-state index < -0.39 is 11.9 Å². The Balaban J connectivity index is 0. The Labute approximate surface area is 285 Å². The second-order valence-corrected chi connectivity index (χ2v) is 9.42. The van der Waals surface area contributed by atoms with E-state index in [2.05, 4.69) is 6.92 Å². The van der Waals surface area contributed by atoms with Crippen molar-refractivity contribution in [2.75, 3.05) is 165 Å². The number of hydrogen-bond donors (Lipinski definition) is 3. The second kappa shape index (κ2) is 45.4. The summed E-state index contributed by atoms with van der Waals surface area (Å²) in [5.41, 5.74) is 5.28. The molecular weight excluding hydrogens is 642 g/mol. The first-order valence-electron chi connectivity index (χ1n) is 16.6. The molecule has 48 heavy (non-hydrogen) atoms. The van der Waals surface area contributed by atoms with Gasteiger partial charge in [0, 0.05) is 13.2 Å². The van der Waals surface area contributed by atoms with Crippen LogP contribution in [0.25, 0.3) is 0 Å². The number of carboxylic acid groups (broad SMARTS) is 2. The highest BCUT2D eigenvalue weighted by Gasteiger charge is 1.98. The van der Waals surface area contributed by atoms with E-state index in [1.54, 1.807) is 0 Å². The third kappa shape index (κ3) is 51.3. The van der Waals surface area contributed by atoms with Crippen molar-refractivity contribution in [1.29, 1.82) is 0 Å². The van der Waals surface area contributed by atoms with E-state index in [0.717, 1.165) is 13.0 Å². The van der Waals surface area contributed by atoms with Crippen molar-refractivity contribution < 1.29 is 76.6 Å². The van der Waals surface area contributed by atoms with E-state index in [1.807, 2.05) is 0 Å². The molecule has 0 aliphatic heterocycles. The summed E-state index contributed by atoms with van der Waals surface area (Å²) < 4.78 is 63.1. The Morgan fingerprint density at radius 3 is 0.729 bits per heavy atom. The maximum absolute atomic E-state index is 10.2. The van der Waals surface area contributed by atoms with Gasteiger partial charge in [-0.05, 0) is 6.42 Å². The highest BCUT2D eigenvalue weighted by molar-refractivity contribution is 5.67. The number of hydrogen-bond acceptors (Lipinski definition) is 15. The number of carbonyl (C=O) groups is 2. The molecule has 0 aliphatic carbocycles. The normalized spacial score (nSPS) is 11.0. The SMILES string of the molecule is CCCOCCOCCOCCOCCOCCOCCC(=O)O.NCCOCCOCCOCCOCCOCCOCCC(=O)O. The molecule has 0 saturated heterocycles. The van der Waals surface area contributed by atoms with Gasteiger partial charge >= 0.3 is 11.9 Å². The van der Waals surface area contributed by atoms with Crippen LogP contribution in [0.15, 0.2) is 0 Å². The number of aliphatic carboxylic acids is 2. The first kappa shape index (κ1) is 48.5. The first-order valence-corrected chi connectivity index (χ1v) is 16.6. The number of carboxylic acids is 2. The maximum atomic E-state index is 10.2. The van der Waals surface area contributed by atoms with Crippen LogP contribution in [0, 0.1) is 0 Å². The van der Waals surface area contributed by atoms with Crippen molar-refractivity contribution in [3.05, 3.63) is 0 Å². The molecule has 0 rings (SSSR count). The predicted molar refractivity (Wildman–Crippen MR) is 174 cm³/mol. The zero-order chi connectivity index (χ0) is 35.4. The van der Waals surface area contributed by atoms with Crippen molar-refractivity contribution >= 4 is 11.9 Å². The Hall–Kier alpha value is -1.58. The van der Waals surface area contributed by atoms with Crippen LogP contribution in [0.1, 0.15) is 26.2 Å². The average molecular weight is 706 g/mol. The lowest BCUT2D eigenvalue weighted by Crippen LogP contribution is -2.15. The molecule has 0 fully saturated rings. The summed E-state index contributed by atoms with van der Waals surface area (Å²) >= 11 is 0. The lowest BCUT2D eigenvalue weighted by atomic mass is 10.5. The molecule has 0 heterocycles. The van der Waals surface area contributed by atoms with Gasteiger partial charge in [-0.25, -0.2) is 0 Å². The molecule has 0 amide bonds. The van der Waals surface area contributed by atoms with Crippen molar-refractivity contribution in [3.63, 3.8) is 0 Å². The van der Waals surface area contributed by atoms with Crippen molar-refractivity contribution in [3.8, 4) is 0 Å². The molecule has 0 aromatic carbocycles. The monoisotopic (exact) mass is 705 g/mol. The molecule has 0 aromatic rings. The van der Waals surface area contributed by atoms with Gasteiger partial charge in [0.05, 0.1) is 165 Å². The largest absolute Gasteiger partial charge is 0.481 e. The second-order valence-electron chi connectivity index (χ2n) is 9.42. The fourth-order valence-corrected chi connectivity index (χ4v) is 2.95. The van der Waals surface area contributed by atoms with Crippen LogP contribution >= 0.6 is 0 Å². The van der Waals surface area contributed by atoms with Crippen LogP contribution in [0.5, 0.6) is 0 Å². The predicted octanol–water partition coefficient (Wildman–Crippen LogP) is 0.490. The first-order chi connectivity index (χ1) is 23.5. The fourth-order valence-electron chi connectivity index (χ4n) is 2.95. The number of rotatable bonds is 40. The van der Waals surface area contributed by atoms with Crippen LogP contribution in [0.4, 0.5) is 0 Å². The summed E-state index contributed by atoms with van der Waals surface area (Å²) in [6, 6.07) is 0. The smallest absolute Gasteiger partial charge is 0.305 e. The molecular formula is C31H63NO16. The van der Waals surface area contributed by atoms with Crippen LogP contribution in [0.3, 0.4) is 0 Å². The number of ether oxygens (including phenoxy) is 12. The van der Waals surface area contributed by atoms with Gasteiger partial charge < -0.3 is 72.8 Å². The molecule has 0 aliphatic rings. The standard InChI is InChI=1S/C16H32O8.C15H31NO8/c1-2-4-19-6-8-21-10-12-23-14-15-24-13-11-22-9-7-20-5-3-16(17)18;16-2-4-20-6-8-22-10-12-24-14-13-23-11-9-21-7-5-19-3-1-15(17)18/h2-15H2,1H3,(H,17,18);1-14,16H2,(H,17,18). The van der Waals surface area contributed by atoms with Crippen LogP contribution in [-0.2, 0) is 66.4 Å². The Kier molecular flexibility index (Phi) is 45.9. The highest BCUT2D eigenvalue weighted by Crippen LogP contribution is 1.88. The zero-order valence-electron chi connectivity index (χ0n) is 29.0. The molecule has 17 heteroatoms. The van der Waals surface area contributed by atoms with Gasteiger partial charge in [0.25, 0.3) is 0 Å². The third-order valence-corrected chi connectivity index (χ3v) is 5.25. The maximum Gasteiger partial charge on any atom is 0.305 e. The minimum Gasteiger partial charge on any atom is -0.481 e. The summed E-state index contributed by atoms with van der Waals surface area (Å²) in [6.45, 7) is 14.4. The van der Waals surface area contributed by atoms with Gasteiger partial charge in [-0.2, -0.15) is 0 Å². The van der Waals surface area contributed by atoms with E-state index >= 15 is 0 Å². The van der Waals surface area contributed by atoms with Gasteiger partial charge in [-0.3, -0.25) is 9.59 Å². The van der Waals surface area contributed by atoms with Gasteiger partial charge in [0.1, 0.15) is 0 Å². The zero-order valence-corrected chi connectivity index (χ0v) is 29.0. The molecule has 0 radical (unpaired) electrons. The summed E-state index contributed by atoms with van der Waals surface area (Å²) in [5.74, 6) is -1.73. The van der Waals surface area contributed by atoms with Crippen LogP contribution < -0.4 is 5.73 Å². The fraction of sp³-hybridized carbons (Fsp3) is 0.935. The minimum absolute atomic E-state index is 0.0101. The van der Waals surface area contributed by atoms with Crippen LogP contribution in [-0.4, -0.2) is 187 Å². The molecule has 0 atom stereocenters. The van der Waals surface area contributed by atoms with Crippen molar-refractivity contribution in [2.24, 2.45) is 5.73 Å². The summed E-state index contributed by atoms with van der Waals surface area (Å²) in [6.07, 6.45) is 1.05. The Bertz CT molecular complexity index is 583. The summed E-state index contributed by atoms with van der Waals surface area (Å²) in [5, 5.41) is 16.8. The minimum atomic E-state index is -0.866. The van der Waals surface area contributed by atoms with Crippen LogP contribution in [0.2, 0.25) is 0 Å². The Morgan fingerprint density at radius 2 is 0.542 bits per heavy atom. The van der Waals surface area contributed by atoms with E-state index in [-0.39, 0.29) is 26.1 Å². The summed E-state index contributed by atoms with van der Waals surface area (Å²) in [4.78, 5) is 20.5. The summed E-state index contributed by atoms with van der Waals surface area (Å²) in [7, 11) is 0. The van der Waals surface area contributed by atoms with E-state index in [9.17, 15) is 9.59 Å². The van der Waals surface area contributed by atoms with Crippen molar-refractivity contribution in [1.82, 2.24) is 0 Å². The van der Waals surface area contributed by atoms with Gasteiger partial charge in [-0.15, -0.1) is 0 Å². The van der Waals surface area contributed by atoms with E-state index in [4.69, 9.17) is 72.8 Å². The van der Waals surface area contributed by atoms with E-state index in [0.29, 0.717) is 145 Å². The lowest BCUT2D eigenvalue weighted by Gasteiger charge is -2.08. The molecule has 0 bridgehead atoms. The molecule has 17 nitrogen and oxygen atoms in total. The topological polar surface area (TPSA) is 211 Å². The van der Waals surface area contributed by atoms with E-state index in [1.165, 1.54) is 0 Å². The molecule has 288 valence electrons. The van der Waals surface area contributed by atoms with Gasteiger partial charge in [-0.1, -0.05) is 6.92 Å². The highest BCUT2D eigenvalue weighted by atomic mass is 16.6. The number of nitrogens with two attached hydrogens (primary N) is 1. The van der Waals surface area contributed by atoms with Gasteiger partial charge in [0.2, 0.25) is 0 Å². The van der Waals surface area contributed by atoms with Crippen molar-refractivity contribution in [2.45, 2.75) is 26.2 Å². The quantitative estimate of drug-likeness (QED) is 0.0741. The molecule has 0 spiro atoms.